The summed E-state index contributed by atoms with van der Waals surface area (Å²) in [5, 5.41) is 0. The topological polar surface area (TPSA) is 0 Å². The minimum Gasteiger partial charge on any atom is -0.0978 e. The van der Waals surface area contributed by atoms with Crippen LogP contribution in [0.3, 0.4) is 0 Å². The van der Waals surface area contributed by atoms with E-state index in [2.05, 4.69) is 18.4 Å². The van der Waals surface area contributed by atoms with Gasteiger partial charge in [-0.2, -0.15) is 0 Å². The lowest BCUT2D eigenvalue weighted by Crippen LogP contribution is -1.96. The fraction of sp³-hybridized carbons (Fsp3) is 0.294. The highest BCUT2D eigenvalue weighted by Crippen LogP contribution is 2.25. The minimum atomic E-state index is 1.07. The molecule has 0 spiro atoms. The van der Waals surface area contributed by atoms with Crippen molar-refractivity contribution in [1.82, 2.24) is 0 Å². The van der Waals surface area contributed by atoms with E-state index in [4.69, 9.17) is 0 Å². The summed E-state index contributed by atoms with van der Waals surface area (Å²) in [5.74, 6) is 6.48. The molecule has 1 saturated carbocycles. The first kappa shape index (κ1) is 11.7. The summed E-state index contributed by atoms with van der Waals surface area (Å²) in [5.41, 5.74) is 3.71. The molecule has 1 aliphatic carbocycles. The number of benzene rings is 1. The third kappa shape index (κ3) is 3.36. The molecule has 1 aromatic carbocycles. The molecule has 0 atom stereocenters. The zero-order valence-corrected chi connectivity index (χ0v) is 10.2. The van der Waals surface area contributed by atoms with Crippen LogP contribution >= 0.6 is 0 Å². The molecule has 2 rings (SSSR count). The van der Waals surface area contributed by atoms with E-state index in [1.54, 1.807) is 0 Å². The van der Waals surface area contributed by atoms with Crippen LogP contribution in [0.1, 0.15) is 37.7 Å². The van der Waals surface area contributed by atoms with Gasteiger partial charge in [0.2, 0.25) is 0 Å². The Hall–Kier alpha value is -1.74. The van der Waals surface area contributed by atoms with Crippen molar-refractivity contribution < 1.29 is 0 Å². The monoisotopic (exact) mass is 222 g/mol. The molecular formula is C17H18. The second-order valence-corrected chi connectivity index (χ2v) is 4.40. The van der Waals surface area contributed by atoms with Crippen molar-refractivity contribution >= 4 is 0 Å². The molecule has 0 unspecified atom stereocenters. The Morgan fingerprint density at radius 1 is 1.06 bits per heavy atom. The predicted octanol–water partition coefficient (Wildman–Crippen LogP) is 4.48. The van der Waals surface area contributed by atoms with Crippen molar-refractivity contribution in [3.05, 3.63) is 59.7 Å². The fourth-order valence-electron chi connectivity index (χ4n) is 2.19. The van der Waals surface area contributed by atoms with Crippen LogP contribution in [0.4, 0.5) is 0 Å². The standard InChI is InChI=1S/C17H18/c1-2-16(17-11-7-4-8-12-17)14-13-15-9-5-3-6-10-15/h2-3,5-6,9-10H,1,4,7-8,11-12H2. The van der Waals surface area contributed by atoms with E-state index < -0.39 is 0 Å². The van der Waals surface area contributed by atoms with Crippen LogP contribution in [0.5, 0.6) is 0 Å². The summed E-state index contributed by atoms with van der Waals surface area (Å²) >= 11 is 0. The van der Waals surface area contributed by atoms with Gasteiger partial charge in [-0.1, -0.05) is 54.7 Å². The van der Waals surface area contributed by atoms with Crippen molar-refractivity contribution in [2.75, 3.05) is 0 Å². The Balaban J connectivity index is 2.20. The molecule has 0 radical (unpaired) electrons. The number of rotatable bonds is 1. The molecule has 1 fully saturated rings. The Morgan fingerprint density at radius 3 is 2.41 bits per heavy atom. The lowest BCUT2D eigenvalue weighted by atomic mass is 9.91. The molecule has 0 N–H and O–H groups in total. The largest absolute Gasteiger partial charge is 0.0978 e. The van der Waals surface area contributed by atoms with Gasteiger partial charge >= 0.3 is 0 Å². The zero-order valence-electron chi connectivity index (χ0n) is 10.2. The summed E-state index contributed by atoms with van der Waals surface area (Å²) in [7, 11) is 0. The van der Waals surface area contributed by atoms with Crippen molar-refractivity contribution in [3.8, 4) is 11.8 Å². The van der Waals surface area contributed by atoms with Crippen LogP contribution in [0.2, 0.25) is 0 Å². The Kier molecular flexibility index (Phi) is 4.22. The van der Waals surface area contributed by atoms with E-state index in [1.165, 1.54) is 37.7 Å². The van der Waals surface area contributed by atoms with E-state index >= 15 is 0 Å². The molecule has 0 amide bonds. The molecule has 0 heteroatoms. The van der Waals surface area contributed by atoms with Crippen molar-refractivity contribution in [3.63, 3.8) is 0 Å². The van der Waals surface area contributed by atoms with Crippen LogP contribution in [0, 0.1) is 11.8 Å². The smallest absolute Gasteiger partial charge is 0.0249 e. The SMILES string of the molecule is C=CC(C#Cc1ccccc1)=C1CCCCC1. The van der Waals surface area contributed by atoms with Crippen LogP contribution in [0.15, 0.2) is 54.1 Å². The average Bonchev–Trinajstić information content (AvgIpc) is 2.42. The second-order valence-electron chi connectivity index (χ2n) is 4.40. The summed E-state index contributed by atoms with van der Waals surface area (Å²) < 4.78 is 0. The molecule has 17 heavy (non-hydrogen) atoms. The van der Waals surface area contributed by atoms with Crippen molar-refractivity contribution in [2.24, 2.45) is 0 Å². The first-order valence-corrected chi connectivity index (χ1v) is 6.31. The quantitative estimate of drug-likeness (QED) is 0.614. The Morgan fingerprint density at radius 2 is 1.76 bits per heavy atom. The average molecular weight is 222 g/mol. The van der Waals surface area contributed by atoms with Gasteiger partial charge in [-0.15, -0.1) is 0 Å². The maximum Gasteiger partial charge on any atom is 0.0249 e. The second kappa shape index (κ2) is 6.11. The van der Waals surface area contributed by atoms with Crippen molar-refractivity contribution in [1.29, 1.82) is 0 Å². The molecular weight excluding hydrogens is 204 g/mol. The third-order valence-corrected chi connectivity index (χ3v) is 3.16. The van der Waals surface area contributed by atoms with Crippen LogP contribution in [-0.4, -0.2) is 0 Å². The summed E-state index contributed by atoms with van der Waals surface area (Å²) in [6, 6.07) is 10.1. The molecule has 0 aliphatic heterocycles. The van der Waals surface area contributed by atoms with Gasteiger partial charge in [-0.3, -0.25) is 0 Å². The molecule has 0 aromatic heterocycles. The molecule has 86 valence electrons. The molecule has 0 nitrogen and oxygen atoms in total. The first-order valence-electron chi connectivity index (χ1n) is 6.31. The van der Waals surface area contributed by atoms with Gasteiger partial charge in [0.1, 0.15) is 0 Å². The lowest BCUT2D eigenvalue weighted by molar-refractivity contribution is 0.597. The van der Waals surface area contributed by atoms with Crippen LogP contribution < -0.4 is 0 Å². The molecule has 0 bridgehead atoms. The van der Waals surface area contributed by atoms with Crippen molar-refractivity contribution in [2.45, 2.75) is 32.1 Å². The molecule has 0 heterocycles. The number of hydrogen-bond acceptors (Lipinski definition) is 0. The van der Waals surface area contributed by atoms with Gasteiger partial charge in [0.15, 0.2) is 0 Å². The lowest BCUT2D eigenvalue weighted by Gasteiger charge is -2.14. The van der Waals surface area contributed by atoms with Gasteiger partial charge in [-0.05, 0) is 37.8 Å². The summed E-state index contributed by atoms with van der Waals surface area (Å²) in [6.45, 7) is 3.89. The van der Waals surface area contributed by atoms with Gasteiger partial charge < -0.3 is 0 Å². The van der Waals surface area contributed by atoms with Gasteiger partial charge in [0.25, 0.3) is 0 Å². The Labute approximate surface area is 104 Å². The van der Waals surface area contributed by atoms with Gasteiger partial charge in [-0.25, -0.2) is 0 Å². The first-order chi connectivity index (χ1) is 8.40. The van der Waals surface area contributed by atoms with Crippen LogP contribution in [0.25, 0.3) is 0 Å². The number of allylic oxidation sites excluding steroid dienone is 3. The summed E-state index contributed by atoms with van der Waals surface area (Å²) in [6.07, 6.45) is 8.28. The maximum atomic E-state index is 3.89. The highest BCUT2D eigenvalue weighted by atomic mass is 14.1. The van der Waals surface area contributed by atoms with E-state index in [9.17, 15) is 0 Å². The van der Waals surface area contributed by atoms with E-state index in [-0.39, 0.29) is 0 Å². The van der Waals surface area contributed by atoms with E-state index in [0.29, 0.717) is 0 Å². The predicted molar refractivity (Wildman–Crippen MR) is 73.6 cm³/mol. The number of hydrogen-bond donors (Lipinski definition) is 0. The normalized spacial score (nSPS) is 14.7. The molecule has 1 aliphatic rings. The molecule has 0 saturated heterocycles. The fourth-order valence-corrected chi connectivity index (χ4v) is 2.19. The van der Waals surface area contributed by atoms with Crippen LogP contribution in [-0.2, 0) is 0 Å². The highest BCUT2D eigenvalue weighted by molar-refractivity contribution is 5.47. The summed E-state index contributed by atoms with van der Waals surface area (Å²) in [4.78, 5) is 0. The zero-order chi connectivity index (χ0) is 11.9. The third-order valence-electron chi connectivity index (χ3n) is 3.16. The van der Waals surface area contributed by atoms with Gasteiger partial charge in [0.05, 0.1) is 0 Å². The van der Waals surface area contributed by atoms with E-state index in [0.717, 1.165) is 11.1 Å². The maximum absolute atomic E-state index is 3.89. The highest BCUT2D eigenvalue weighted by Gasteiger charge is 2.07. The van der Waals surface area contributed by atoms with E-state index in [1.807, 2.05) is 36.4 Å². The minimum absolute atomic E-state index is 1.07. The van der Waals surface area contributed by atoms with Gasteiger partial charge in [0, 0.05) is 11.1 Å². The Bertz CT molecular complexity index is 458. The molecule has 1 aromatic rings.